The Hall–Kier alpha value is -7.21. The number of nitriles is 2. The molecule has 74 heavy (non-hydrogen) atoms. The van der Waals surface area contributed by atoms with E-state index in [1.54, 1.807) is 30.3 Å². The Morgan fingerprint density at radius 1 is 0.622 bits per heavy atom. The van der Waals surface area contributed by atoms with Gasteiger partial charge < -0.3 is 39.4 Å². The van der Waals surface area contributed by atoms with Crippen molar-refractivity contribution < 1.29 is 63.3 Å². The van der Waals surface area contributed by atoms with Crippen LogP contribution in [0.3, 0.4) is 0 Å². The lowest BCUT2D eigenvalue weighted by Gasteiger charge is -2.05. The largest absolute Gasteiger partial charge is 0.478 e. The van der Waals surface area contributed by atoms with Gasteiger partial charge in [-0.25, -0.2) is 24.0 Å². The first-order valence-electron chi connectivity index (χ1n) is 24.3. The average Bonchev–Trinajstić information content (AvgIpc) is 4.13. The first-order valence-corrected chi connectivity index (χ1v) is 25.5. The maximum atomic E-state index is 11.4. The number of fused-ring (bicyclic) bond motifs is 4. The summed E-state index contributed by atoms with van der Waals surface area (Å²) >= 11 is 3.33. The van der Waals surface area contributed by atoms with Crippen LogP contribution in [0.15, 0.2) is 91.0 Å². The highest BCUT2D eigenvalue weighted by Crippen LogP contribution is 2.32. The van der Waals surface area contributed by atoms with Crippen molar-refractivity contribution in [2.45, 2.75) is 136 Å². The molecule has 9 rings (SSSR count). The number of hydrogen-bond donors (Lipinski definition) is 4. The van der Waals surface area contributed by atoms with Crippen LogP contribution in [0.1, 0.15) is 187 Å². The maximum Gasteiger partial charge on any atom is 0.341 e. The molecule has 15 nitrogen and oxygen atoms in total. The number of carbonyl (C=O) groups excluding carboxylic acids is 4. The summed E-state index contributed by atoms with van der Waals surface area (Å²) in [6, 6.07) is 31.7. The van der Waals surface area contributed by atoms with Crippen LogP contribution >= 0.6 is 15.9 Å². The molecule has 4 aliphatic heterocycles. The number of cyclic esters (lactones) is 4. The Balaban J connectivity index is 0.000000195. The van der Waals surface area contributed by atoms with Crippen LogP contribution in [-0.2, 0) is 69.8 Å². The minimum Gasteiger partial charge on any atom is -0.478 e. The summed E-state index contributed by atoms with van der Waals surface area (Å²) < 4.78 is 19.4. The molecule has 4 heterocycles. The fourth-order valence-electron chi connectivity index (χ4n) is 7.70. The normalized spacial score (nSPS) is 14.9. The Morgan fingerprint density at radius 3 is 1.47 bits per heavy atom. The van der Waals surface area contributed by atoms with Gasteiger partial charge in [0.05, 0.1) is 40.5 Å². The zero-order valence-corrected chi connectivity index (χ0v) is 44.1. The van der Waals surface area contributed by atoms with Gasteiger partial charge in [0, 0.05) is 27.6 Å². The first-order chi connectivity index (χ1) is 35.3. The van der Waals surface area contributed by atoms with E-state index in [4.69, 9.17) is 40.1 Å². The van der Waals surface area contributed by atoms with E-state index in [1.807, 2.05) is 73.7 Å². The second kappa shape index (κ2) is 28.9. The highest BCUT2D eigenvalue weighted by molar-refractivity contribution is 9.08. The van der Waals surface area contributed by atoms with Crippen LogP contribution < -0.4 is 0 Å². The molecular weight excluding hydrogens is 1010 g/mol. The summed E-state index contributed by atoms with van der Waals surface area (Å²) in [5, 5.41) is 53.0. The SMILES string of the molecule is CC(C)(O)C#N.CCCc1ccc(CO)c(C(=O)O)c1.CCCc1ccc2c(c1)C(=O)OC2.CCCc1ccc2c(c1)C(=O)OC2C#N.CCCc1ccc2c(c1)C(=O)OC2O.O=C1OCc2ccc(CBr)cc21. The minimum atomic E-state index is -1.15. The van der Waals surface area contributed by atoms with E-state index in [9.17, 15) is 29.1 Å². The van der Waals surface area contributed by atoms with E-state index >= 15 is 0 Å². The van der Waals surface area contributed by atoms with Gasteiger partial charge in [-0.15, -0.1) is 0 Å². The molecule has 0 saturated carbocycles. The fraction of sp³-hybridized carbons (Fsp3) is 0.362. The topological polar surface area (TPSA) is 251 Å². The molecule has 4 N–H and O–H groups in total. The summed E-state index contributed by atoms with van der Waals surface area (Å²) in [5.41, 5.74) is 10.9. The van der Waals surface area contributed by atoms with E-state index in [0.29, 0.717) is 46.6 Å². The van der Waals surface area contributed by atoms with Crippen LogP contribution in [0, 0.1) is 22.7 Å². The smallest absolute Gasteiger partial charge is 0.341 e. The van der Waals surface area contributed by atoms with Gasteiger partial charge in [-0.1, -0.05) is 130 Å². The number of benzene rings is 5. The predicted octanol–water partition coefficient (Wildman–Crippen LogP) is 10.8. The Bertz CT molecular complexity index is 2860. The molecule has 5 aromatic rings. The number of carboxylic acids is 1. The number of aliphatic hydroxyl groups excluding tert-OH is 2. The van der Waals surface area contributed by atoms with E-state index in [1.165, 1.54) is 19.4 Å². The molecule has 0 fully saturated rings. The number of alkyl halides is 1. The summed E-state index contributed by atoms with van der Waals surface area (Å²) in [6.07, 6.45) is 6.15. The van der Waals surface area contributed by atoms with Crippen LogP contribution in [-0.4, -0.2) is 55.9 Å². The number of esters is 4. The number of aliphatic hydroxyl groups is 3. The third-order valence-electron chi connectivity index (χ3n) is 11.4. The second-order valence-electron chi connectivity index (χ2n) is 17.9. The standard InChI is InChI=1S/C12H11NO2.C11H12O3.C11H14O3.C11H12O2.C9H7BrO2.C4H7NO/c1-2-3-8-4-5-9-10(6-8)12(14)15-11(9)7-13;1-2-3-7-4-5-8-9(6-7)11(13)14-10(8)12;1-2-3-8-4-5-9(7-12)10(6-8)11(13)14;1-2-3-8-4-5-9-7-13-11(12)10(9)6-8;10-4-6-1-2-7-5-12-9(11)8(7)3-6;1-4(2,6)3-5/h4-6,11H,2-3H2,1H3;4-6,10,12H,2-3H2,1H3;4-6,12H,2-3,7H2,1H3,(H,13,14);4-6H,2-3,7H2,1H3;1-3H,4-5H2;6H,1-2H3. The molecule has 0 bridgehead atoms. The zero-order chi connectivity index (χ0) is 54.5. The molecule has 390 valence electrons. The van der Waals surface area contributed by atoms with Crippen molar-refractivity contribution in [1.82, 2.24) is 0 Å². The number of aromatic carboxylic acids is 1. The number of hydrogen-bond acceptors (Lipinski definition) is 14. The molecule has 2 atom stereocenters. The number of carboxylic acid groups (broad SMARTS) is 1. The molecule has 2 unspecified atom stereocenters. The van der Waals surface area contributed by atoms with Crippen LogP contribution in [0.2, 0.25) is 0 Å². The summed E-state index contributed by atoms with van der Waals surface area (Å²) in [5.74, 6) is -2.16. The van der Waals surface area contributed by atoms with Crippen molar-refractivity contribution in [3.05, 3.63) is 174 Å². The number of ether oxygens (including phenoxy) is 4. The number of halogens is 1. The first kappa shape index (κ1) is 59.4. The van der Waals surface area contributed by atoms with Gasteiger partial charge in [-0.3, -0.25) is 0 Å². The Labute approximate surface area is 440 Å². The van der Waals surface area contributed by atoms with Gasteiger partial charge in [0.15, 0.2) is 0 Å². The van der Waals surface area contributed by atoms with Gasteiger partial charge in [-0.2, -0.15) is 10.5 Å². The molecule has 0 amide bonds. The third-order valence-corrected chi connectivity index (χ3v) is 12.1. The zero-order valence-electron chi connectivity index (χ0n) is 42.5. The monoisotopic (exact) mass is 1070 g/mol. The Kier molecular flexibility index (Phi) is 23.2. The lowest BCUT2D eigenvalue weighted by molar-refractivity contribution is -0.0548. The van der Waals surface area contributed by atoms with E-state index in [-0.39, 0.29) is 30.1 Å². The van der Waals surface area contributed by atoms with Crippen molar-refractivity contribution >= 4 is 45.8 Å². The Morgan fingerprint density at radius 2 is 1.03 bits per heavy atom. The van der Waals surface area contributed by atoms with Gasteiger partial charge in [0.2, 0.25) is 12.4 Å². The predicted molar refractivity (Wildman–Crippen MR) is 278 cm³/mol. The van der Waals surface area contributed by atoms with Crippen LogP contribution in [0.25, 0.3) is 0 Å². The number of carbonyl (C=O) groups is 5. The van der Waals surface area contributed by atoms with Crippen molar-refractivity contribution in [3.63, 3.8) is 0 Å². The molecule has 0 saturated heterocycles. The molecule has 4 aliphatic rings. The number of nitrogens with zero attached hydrogens (tertiary/aromatic N) is 2. The lowest BCUT2D eigenvalue weighted by Crippen LogP contribution is -2.13. The van der Waals surface area contributed by atoms with Crippen molar-refractivity contribution in [1.29, 1.82) is 10.5 Å². The maximum absolute atomic E-state index is 11.4. The summed E-state index contributed by atoms with van der Waals surface area (Å²) in [7, 11) is 0. The second-order valence-corrected chi connectivity index (χ2v) is 18.5. The molecule has 0 aliphatic carbocycles. The third kappa shape index (κ3) is 16.9. The highest BCUT2D eigenvalue weighted by atomic mass is 79.9. The highest BCUT2D eigenvalue weighted by Gasteiger charge is 2.31. The molecular formula is C58H63BrN2O13. The molecule has 0 aromatic heterocycles. The molecule has 5 aromatic carbocycles. The number of aryl methyl sites for hydroxylation is 4. The van der Waals surface area contributed by atoms with Gasteiger partial charge in [0.25, 0.3) is 0 Å². The summed E-state index contributed by atoms with van der Waals surface area (Å²) in [6.45, 7) is 11.9. The fourth-order valence-corrected chi connectivity index (χ4v) is 8.05. The average molecular weight is 1080 g/mol. The van der Waals surface area contributed by atoms with Gasteiger partial charge in [0.1, 0.15) is 24.9 Å². The van der Waals surface area contributed by atoms with E-state index < -0.39 is 29.9 Å². The minimum absolute atomic E-state index is 0.173. The van der Waals surface area contributed by atoms with E-state index in [2.05, 4.69) is 47.5 Å². The van der Waals surface area contributed by atoms with E-state index in [0.717, 1.165) is 95.6 Å². The lowest BCUT2D eigenvalue weighted by atomic mass is 10.0. The quantitative estimate of drug-likeness (QED) is 0.0415. The summed E-state index contributed by atoms with van der Waals surface area (Å²) in [4.78, 5) is 55.8. The van der Waals surface area contributed by atoms with Crippen LogP contribution in [0.5, 0.6) is 0 Å². The van der Waals surface area contributed by atoms with Crippen molar-refractivity contribution in [3.8, 4) is 12.1 Å². The van der Waals surface area contributed by atoms with Gasteiger partial charge >= 0.3 is 29.8 Å². The van der Waals surface area contributed by atoms with Crippen molar-refractivity contribution in [2.75, 3.05) is 0 Å². The van der Waals surface area contributed by atoms with Gasteiger partial charge in [-0.05, 0) is 103 Å². The van der Waals surface area contributed by atoms with Crippen LogP contribution in [0.4, 0.5) is 0 Å². The molecule has 16 heteroatoms. The van der Waals surface area contributed by atoms with Crippen molar-refractivity contribution in [2.24, 2.45) is 0 Å². The molecule has 0 spiro atoms. The number of rotatable bonds is 11. The molecule has 0 radical (unpaired) electrons.